The molecule has 1 rings (SSSR count). The van der Waals surface area contributed by atoms with Crippen LogP contribution in [0.4, 0.5) is 5.69 Å². The Morgan fingerprint density at radius 2 is 1.78 bits per heavy atom. The lowest BCUT2D eigenvalue weighted by Crippen LogP contribution is -2.36. The van der Waals surface area contributed by atoms with Crippen LogP contribution >= 0.6 is 91.6 Å². The second-order valence-corrected chi connectivity index (χ2v) is 11.4. The molecule has 1 aromatic rings. The van der Waals surface area contributed by atoms with Crippen molar-refractivity contribution in [1.82, 2.24) is 0 Å². The van der Waals surface area contributed by atoms with Crippen LogP contribution in [0.2, 0.25) is 10.0 Å². The summed E-state index contributed by atoms with van der Waals surface area (Å²) in [7, 11) is 0. The lowest BCUT2D eigenvalue weighted by molar-refractivity contribution is -0.118. The van der Waals surface area contributed by atoms with Crippen molar-refractivity contribution in [2.75, 3.05) is 0 Å². The molecular weight excluding hydrogens is 656 g/mol. The minimum absolute atomic E-state index is 0.130. The van der Waals surface area contributed by atoms with Gasteiger partial charge in [-0.25, -0.2) is 0 Å². The van der Waals surface area contributed by atoms with Gasteiger partial charge in [0.25, 0.3) is 4.46 Å². The third-order valence-electron chi connectivity index (χ3n) is 3.94. The van der Waals surface area contributed by atoms with E-state index in [1.54, 1.807) is 19.1 Å². The van der Waals surface area contributed by atoms with E-state index in [0.29, 0.717) is 15.7 Å². The number of halogens is 6. The number of carbonyl (C=O) groups is 1. The first-order valence-corrected chi connectivity index (χ1v) is 12.7. The number of hydrogen-bond donors (Lipinski definition) is 0. The zero-order valence-corrected chi connectivity index (χ0v) is 22.5. The van der Waals surface area contributed by atoms with E-state index in [-0.39, 0.29) is 13.6 Å². The number of alkyl halides is 4. The van der Waals surface area contributed by atoms with Gasteiger partial charge in [-0.3, -0.25) is 4.79 Å². The zero-order valence-electron chi connectivity index (χ0n) is 15.1. The molecule has 0 saturated carbocycles. The number of Topliss-reactive ketones (excluding diaryl/α,β-unsaturated/α-hetero) is 1. The maximum atomic E-state index is 12.7. The smallest absolute Gasteiger partial charge is 0.287 e. The Kier molecular flexibility index (Phi) is 12.3. The molecule has 0 aromatic heterocycles. The van der Waals surface area contributed by atoms with Gasteiger partial charge in [0.2, 0.25) is 5.78 Å². The standard InChI is InChI=1S/C18H22Cl4I2N2O/c1-3-4-5-6-7-8-14(23)15(24)17(27)18(21,22)26-25-16-11(2)9-12(19)10-13(16)20/h9-10,14-15H,3-8H2,1-2H3/b26-25+. The third kappa shape index (κ3) is 8.79. The summed E-state index contributed by atoms with van der Waals surface area (Å²) >= 11 is 28.8. The molecule has 0 bridgehead atoms. The fourth-order valence-electron chi connectivity index (χ4n) is 2.40. The molecule has 27 heavy (non-hydrogen) atoms. The number of aryl methyl sites for hydroxylation is 1. The summed E-state index contributed by atoms with van der Waals surface area (Å²) in [5.41, 5.74) is 1.12. The monoisotopic (exact) mass is 676 g/mol. The Morgan fingerprint density at radius 3 is 2.37 bits per heavy atom. The van der Waals surface area contributed by atoms with Gasteiger partial charge in [0.15, 0.2) is 0 Å². The van der Waals surface area contributed by atoms with Gasteiger partial charge in [-0.05, 0) is 31.0 Å². The summed E-state index contributed by atoms with van der Waals surface area (Å²) in [4.78, 5) is 12.7. The highest BCUT2D eigenvalue weighted by molar-refractivity contribution is 14.1. The lowest BCUT2D eigenvalue weighted by Gasteiger charge is -2.20. The van der Waals surface area contributed by atoms with Crippen molar-refractivity contribution in [1.29, 1.82) is 0 Å². The van der Waals surface area contributed by atoms with Gasteiger partial charge in [-0.15, -0.1) is 5.11 Å². The summed E-state index contributed by atoms with van der Waals surface area (Å²) in [5.74, 6) is -0.370. The topological polar surface area (TPSA) is 41.8 Å². The Labute approximate surface area is 208 Å². The Balaban J connectivity index is 2.74. The van der Waals surface area contributed by atoms with E-state index in [4.69, 9.17) is 46.4 Å². The van der Waals surface area contributed by atoms with E-state index in [0.717, 1.165) is 18.4 Å². The average Bonchev–Trinajstić information content (AvgIpc) is 2.59. The SMILES string of the molecule is CCCCCCCC(I)C(I)C(=O)C(Cl)(Cl)/N=N/c1c(C)cc(Cl)cc1Cl. The van der Waals surface area contributed by atoms with Crippen LogP contribution < -0.4 is 0 Å². The van der Waals surface area contributed by atoms with E-state index in [1.807, 2.05) is 0 Å². The van der Waals surface area contributed by atoms with Crippen molar-refractivity contribution in [3.8, 4) is 0 Å². The fourth-order valence-corrected chi connectivity index (χ4v) is 5.29. The molecule has 2 atom stereocenters. The molecule has 152 valence electrons. The number of benzene rings is 1. The largest absolute Gasteiger partial charge is 0.293 e. The molecule has 0 heterocycles. The Morgan fingerprint density at radius 1 is 1.15 bits per heavy atom. The molecule has 0 radical (unpaired) electrons. The summed E-state index contributed by atoms with van der Waals surface area (Å²) in [6.07, 6.45) is 6.88. The van der Waals surface area contributed by atoms with Crippen LogP contribution in [0.5, 0.6) is 0 Å². The first kappa shape index (κ1) is 26.1. The van der Waals surface area contributed by atoms with Gasteiger partial charge in [0, 0.05) is 8.95 Å². The maximum absolute atomic E-state index is 12.7. The van der Waals surface area contributed by atoms with Crippen molar-refractivity contribution in [3.05, 3.63) is 27.7 Å². The van der Waals surface area contributed by atoms with Gasteiger partial charge in [0.1, 0.15) is 5.69 Å². The third-order valence-corrected chi connectivity index (χ3v) is 9.12. The number of nitrogens with zero attached hydrogens (tertiary/aromatic N) is 2. The van der Waals surface area contributed by atoms with Crippen LogP contribution in [0.15, 0.2) is 22.4 Å². The summed E-state index contributed by atoms with van der Waals surface area (Å²) < 4.78 is -2.18. The minimum atomic E-state index is -1.95. The summed E-state index contributed by atoms with van der Waals surface area (Å²) in [6.45, 7) is 3.98. The summed E-state index contributed by atoms with van der Waals surface area (Å²) in [5, 5.41) is 8.71. The quantitative estimate of drug-likeness (QED) is 0.0758. The van der Waals surface area contributed by atoms with E-state index >= 15 is 0 Å². The van der Waals surface area contributed by atoms with Crippen molar-refractivity contribution in [2.45, 2.75) is 64.7 Å². The highest BCUT2D eigenvalue weighted by atomic mass is 127. The number of carbonyl (C=O) groups excluding carboxylic acids is 1. The number of hydrogen-bond acceptors (Lipinski definition) is 3. The maximum Gasteiger partial charge on any atom is 0.287 e. The van der Waals surface area contributed by atoms with Gasteiger partial charge < -0.3 is 0 Å². The van der Waals surface area contributed by atoms with E-state index in [2.05, 4.69) is 62.3 Å². The molecule has 0 aliphatic heterocycles. The number of ketones is 1. The molecule has 1 aromatic carbocycles. The molecule has 0 amide bonds. The van der Waals surface area contributed by atoms with Crippen LogP contribution in [-0.4, -0.2) is 18.1 Å². The first-order valence-electron chi connectivity index (χ1n) is 8.69. The van der Waals surface area contributed by atoms with Crippen LogP contribution in [0.1, 0.15) is 51.0 Å². The zero-order chi connectivity index (χ0) is 20.6. The molecule has 0 N–H and O–H groups in total. The van der Waals surface area contributed by atoms with E-state index < -0.39 is 4.46 Å². The van der Waals surface area contributed by atoms with Gasteiger partial charge in [-0.2, -0.15) is 5.11 Å². The molecule has 0 saturated heterocycles. The van der Waals surface area contributed by atoms with Crippen molar-refractivity contribution >= 4 is 103 Å². The van der Waals surface area contributed by atoms with Crippen molar-refractivity contribution in [3.63, 3.8) is 0 Å². The normalized spacial score (nSPS) is 14.5. The molecule has 0 spiro atoms. The highest BCUT2D eigenvalue weighted by Gasteiger charge is 2.40. The lowest BCUT2D eigenvalue weighted by atomic mass is 10.1. The molecule has 0 aliphatic carbocycles. The Hall–Kier alpha value is 1.11. The number of unbranched alkanes of at least 4 members (excludes halogenated alkanes) is 4. The van der Waals surface area contributed by atoms with Gasteiger partial charge >= 0.3 is 0 Å². The first-order chi connectivity index (χ1) is 12.6. The van der Waals surface area contributed by atoms with E-state index in [1.165, 1.54) is 25.7 Å². The predicted octanol–water partition coefficient (Wildman–Crippen LogP) is 9.05. The molecule has 9 heteroatoms. The van der Waals surface area contributed by atoms with Crippen LogP contribution in [0.25, 0.3) is 0 Å². The van der Waals surface area contributed by atoms with Crippen molar-refractivity contribution < 1.29 is 4.79 Å². The number of azo groups is 1. The second kappa shape index (κ2) is 12.7. The molecular formula is C18H22Cl4I2N2O. The highest BCUT2D eigenvalue weighted by Crippen LogP contribution is 2.37. The predicted molar refractivity (Wildman–Crippen MR) is 134 cm³/mol. The molecule has 0 aliphatic rings. The molecule has 3 nitrogen and oxygen atoms in total. The van der Waals surface area contributed by atoms with Crippen LogP contribution in [0, 0.1) is 6.92 Å². The van der Waals surface area contributed by atoms with Crippen LogP contribution in [0.3, 0.4) is 0 Å². The fraction of sp³-hybridized carbons (Fsp3) is 0.611. The van der Waals surface area contributed by atoms with Crippen molar-refractivity contribution in [2.24, 2.45) is 10.2 Å². The number of rotatable bonds is 11. The average molecular weight is 678 g/mol. The van der Waals surface area contributed by atoms with Crippen LogP contribution in [-0.2, 0) is 4.79 Å². The van der Waals surface area contributed by atoms with Gasteiger partial charge in [-0.1, -0.05) is 131 Å². The van der Waals surface area contributed by atoms with Gasteiger partial charge in [0.05, 0.1) is 8.95 Å². The van der Waals surface area contributed by atoms with E-state index in [9.17, 15) is 4.79 Å². The molecule has 0 fully saturated rings. The molecule has 2 unspecified atom stereocenters. The Bertz CT molecular complexity index is 648. The summed E-state index contributed by atoms with van der Waals surface area (Å²) in [6, 6.07) is 3.26. The second-order valence-electron chi connectivity index (χ2n) is 6.28. The minimum Gasteiger partial charge on any atom is -0.293 e.